The zero-order chi connectivity index (χ0) is 48.5. The first-order valence-electron chi connectivity index (χ1n) is 17.7. The van der Waals surface area contributed by atoms with Gasteiger partial charge in [-0.05, 0) is 63.1 Å². The molecule has 0 aliphatic carbocycles. The molecule has 4 rings (SSSR count). The zero-order valence-corrected chi connectivity index (χ0v) is 37.3. The molecule has 19 nitrogen and oxygen atoms in total. The lowest BCUT2D eigenvalue weighted by molar-refractivity contribution is -0.385. The summed E-state index contributed by atoms with van der Waals surface area (Å²) < 4.78 is 15.0. The van der Waals surface area contributed by atoms with E-state index < -0.39 is 27.2 Å². The van der Waals surface area contributed by atoms with E-state index in [1.807, 2.05) is 18.2 Å². The molecule has 0 aliphatic rings. The summed E-state index contributed by atoms with van der Waals surface area (Å²) in [5, 5.41) is 42.8. The maximum absolute atomic E-state index is 12.1. The number of nitrogens with two attached hydrogens (primary N) is 1. The van der Waals surface area contributed by atoms with Crippen LogP contribution in [0, 0.1) is 42.9 Å². The topological polar surface area (TPSA) is 279 Å². The van der Waals surface area contributed by atoms with E-state index in [4.69, 9.17) is 50.3 Å². The molecular weight excluding hydrogens is 881 g/mol. The lowest BCUT2D eigenvalue weighted by Gasteiger charge is -2.23. The van der Waals surface area contributed by atoms with Gasteiger partial charge in [-0.3, -0.25) is 29.8 Å². The van der Waals surface area contributed by atoms with Crippen LogP contribution in [0.3, 0.4) is 0 Å². The number of nitriles is 2. The lowest BCUT2D eigenvalue weighted by atomic mass is 9.81. The molecular formula is C35H39B4Cl2N11O8S2. The summed E-state index contributed by atoms with van der Waals surface area (Å²) in [6, 6.07) is 18.0. The fourth-order valence-electron chi connectivity index (χ4n) is 4.35. The minimum absolute atomic E-state index is 0.0828. The van der Waals surface area contributed by atoms with Crippen LogP contribution < -0.4 is 16.0 Å². The number of nitro groups is 2. The molecule has 4 aromatic rings. The first kappa shape index (κ1) is 56.4. The molecule has 0 saturated carbocycles. The Hall–Kier alpha value is -5.58. The number of nitrogens with zero attached hydrogens (tertiary/aromatic N) is 9. The van der Waals surface area contributed by atoms with Gasteiger partial charge in [0, 0.05) is 36.9 Å². The molecule has 2 heterocycles. The first-order valence-corrected chi connectivity index (χ1v) is 20.3. The number of carbonyl (C=O) groups excluding carboxylic acids is 2. The second-order valence-electron chi connectivity index (χ2n) is 10.6. The van der Waals surface area contributed by atoms with Crippen molar-refractivity contribution in [2.45, 2.75) is 44.1 Å². The fourth-order valence-corrected chi connectivity index (χ4v) is 5.71. The number of aromatic nitrogens is 4. The van der Waals surface area contributed by atoms with E-state index in [2.05, 4.69) is 63.0 Å². The third kappa shape index (κ3) is 20.8. The predicted octanol–water partition coefficient (Wildman–Crippen LogP) is 4.55. The minimum atomic E-state index is -0.714. The number of carbonyl (C=O) groups is 2. The van der Waals surface area contributed by atoms with Gasteiger partial charge in [-0.25, -0.2) is 9.97 Å². The summed E-state index contributed by atoms with van der Waals surface area (Å²) in [6.07, 6.45) is 3.42. The third-order valence-corrected chi connectivity index (χ3v) is 8.32. The van der Waals surface area contributed by atoms with E-state index in [1.165, 1.54) is 35.2 Å². The van der Waals surface area contributed by atoms with E-state index >= 15 is 0 Å². The van der Waals surface area contributed by atoms with Crippen LogP contribution in [0.25, 0.3) is 0 Å². The van der Waals surface area contributed by atoms with Gasteiger partial charge in [0.25, 0.3) is 0 Å². The number of ether oxygens (including phenoxy) is 2. The van der Waals surface area contributed by atoms with Crippen molar-refractivity contribution in [1.82, 2.24) is 25.3 Å². The smallest absolute Gasteiger partial charge is 0.353 e. The number of esters is 2. The average Bonchev–Trinajstić information content (AvgIpc) is 3.28. The summed E-state index contributed by atoms with van der Waals surface area (Å²) in [6.45, 7) is 6.03. The van der Waals surface area contributed by atoms with Crippen LogP contribution in [0.5, 0.6) is 0 Å². The van der Waals surface area contributed by atoms with Crippen LogP contribution in [0.2, 0.25) is 17.1 Å². The molecule has 27 heteroatoms. The van der Waals surface area contributed by atoms with E-state index in [0.29, 0.717) is 35.0 Å². The van der Waals surface area contributed by atoms with Crippen molar-refractivity contribution >= 4 is 113 Å². The zero-order valence-electron chi connectivity index (χ0n) is 35.1. The first-order chi connectivity index (χ1) is 30.2. The molecule has 2 aromatic carbocycles. The van der Waals surface area contributed by atoms with Gasteiger partial charge >= 0.3 is 23.3 Å². The number of nitrogens with one attached hydrogen (secondary N) is 1. The summed E-state index contributed by atoms with van der Waals surface area (Å²) >= 11 is 13.4. The Balaban J connectivity index is 0. The van der Waals surface area contributed by atoms with Gasteiger partial charge in [0.05, 0.1) is 60.7 Å². The molecule has 3 N–H and O–H groups in total. The molecule has 0 bridgehead atoms. The normalized spacial score (nSPS) is 9.40. The highest BCUT2D eigenvalue weighted by molar-refractivity contribution is 7.98. The molecule has 0 amide bonds. The van der Waals surface area contributed by atoms with Crippen LogP contribution in [-0.4, -0.2) is 114 Å². The number of benzene rings is 2. The molecule has 62 heavy (non-hydrogen) atoms. The summed E-state index contributed by atoms with van der Waals surface area (Å²) in [5.41, 5.74) is 7.52. The van der Waals surface area contributed by atoms with Crippen molar-refractivity contribution < 1.29 is 28.9 Å². The minimum Gasteiger partial charge on any atom is -0.465 e. The molecule has 320 valence electrons. The maximum Gasteiger partial charge on any atom is 0.353 e. The van der Waals surface area contributed by atoms with Crippen LogP contribution in [0.15, 0.2) is 58.8 Å². The third-order valence-electron chi connectivity index (χ3n) is 6.69. The van der Waals surface area contributed by atoms with E-state index in [-0.39, 0.29) is 59.3 Å². The summed E-state index contributed by atoms with van der Waals surface area (Å²) in [7, 11) is 16.2. The van der Waals surface area contributed by atoms with Crippen molar-refractivity contribution in [3.05, 3.63) is 101 Å². The molecule has 0 aliphatic heterocycles. The molecule has 0 saturated heterocycles. The van der Waals surface area contributed by atoms with E-state index in [1.54, 1.807) is 62.8 Å². The SMILES string of the molecule is CCOC(=O)CN(Cc1cccc(C#N)c1)c1nc(SC)nc(N)c1[N+](=O)[O-].CCOC(=O)CNCc1cccc(C#N)c1.CSc1nc(Cl)c([N+](=O)[O-])c(Cl)n1.[2H][B].[B]C.[B][B]. The van der Waals surface area contributed by atoms with Crippen molar-refractivity contribution in [1.29, 1.82) is 11.9 Å². The van der Waals surface area contributed by atoms with Crippen LogP contribution in [0.1, 0.15) is 36.1 Å². The average molecular weight is 921 g/mol. The number of hydrogen-bond acceptors (Lipinski definition) is 19. The van der Waals surface area contributed by atoms with Gasteiger partial charge in [0.2, 0.25) is 21.9 Å². The van der Waals surface area contributed by atoms with Gasteiger partial charge in [-0.2, -0.15) is 20.5 Å². The maximum atomic E-state index is 12.1. The number of halogens is 2. The predicted molar refractivity (Wildman–Crippen MR) is 244 cm³/mol. The Bertz CT molecular complexity index is 2140. The van der Waals surface area contributed by atoms with E-state index in [0.717, 1.165) is 5.56 Å². The Morgan fingerprint density at radius 3 is 1.81 bits per heavy atom. The van der Waals surface area contributed by atoms with E-state index in [9.17, 15) is 29.8 Å². The fraction of sp³-hybridized carbons (Fsp3) is 0.314. The molecule has 2 aromatic heterocycles. The standard InChI is InChI=1S/C17H18N6O4S.C12H14N2O2.C5H3Cl2N3O2S.CH3B.B2.BH/c1-3-27-13(24)10-22(9-12-6-4-5-11(7-12)8-18)16-14(23(25)26)15(19)20-17(21-16)28-2;1-2-16-12(15)9-14-8-11-5-3-4-10(6-11)7-13;1-13-5-8-3(6)2(10(11)12)4(7)9-5;2*1-2;/h4-7H,3,9-10H2,1-2H3,(H2,19,20,21);3-6,14H,2,8-9H2,1H3;1H3;1H3;;1H/i;;;;;1D. The number of anilines is 2. The van der Waals surface area contributed by atoms with Crippen LogP contribution >= 0.6 is 46.7 Å². The molecule has 0 unspecified atom stereocenters. The Morgan fingerprint density at radius 1 is 0.871 bits per heavy atom. The second-order valence-corrected chi connectivity index (χ2v) is 12.9. The summed E-state index contributed by atoms with van der Waals surface area (Å²) in [5.74, 6) is -1.22. The Morgan fingerprint density at radius 2 is 1.34 bits per heavy atom. The van der Waals surface area contributed by atoms with Gasteiger partial charge < -0.3 is 25.4 Å². The lowest BCUT2D eigenvalue weighted by Crippen LogP contribution is -2.32. The second kappa shape index (κ2) is 33.1. The molecule has 0 spiro atoms. The van der Waals surface area contributed by atoms with Crippen molar-refractivity contribution in [3.63, 3.8) is 0 Å². The number of rotatable bonds is 15. The highest BCUT2D eigenvalue weighted by Gasteiger charge is 2.29. The highest BCUT2D eigenvalue weighted by atomic mass is 35.5. The van der Waals surface area contributed by atoms with Crippen molar-refractivity contribution in [3.8, 4) is 12.1 Å². The number of thioether (sulfide) groups is 2. The van der Waals surface area contributed by atoms with Crippen LogP contribution in [-0.2, 0) is 32.2 Å². The highest BCUT2D eigenvalue weighted by Crippen LogP contribution is 2.34. The Labute approximate surface area is 384 Å². The van der Waals surface area contributed by atoms with Crippen molar-refractivity contribution in [2.75, 3.05) is 49.4 Å². The Kier molecular flexibility index (Phi) is 30.1. The monoisotopic (exact) mass is 920 g/mol. The molecule has 8 radical (unpaired) electrons. The number of nitrogen functional groups attached to an aromatic ring is 1. The molecule has 0 atom stereocenters. The quantitative estimate of drug-likeness (QED) is 0.0315. The van der Waals surface area contributed by atoms with Gasteiger partial charge in [0.15, 0.2) is 10.3 Å². The summed E-state index contributed by atoms with van der Waals surface area (Å²) in [4.78, 5) is 60.5. The van der Waals surface area contributed by atoms with Gasteiger partial charge in [-0.15, -0.1) is 0 Å². The van der Waals surface area contributed by atoms with Gasteiger partial charge in [-0.1, -0.05) is 77.8 Å². The largest absolute Gasteiger partial charge is 0.465 e. The van der Waals surface area contributed by atoms with Gasteiger partial charge in [0.1, 0.15) is 6.54 Å². The molecule has 0 fully saturated rings. The van der Waals surface area contributed by atoms with Crippen molar-refractivity contribution in [2.24, 2.45) is 0 Å². The number of hydrogen-bond donors (Lipinski definition) is 2. The van der Waals surface area contributed by atoms with Crippen LogP contribution in [0.4, 0.5) is 23.0 Å².